The predicted octanol–water partition coefficient (Wildman–Crippen LogP) is 2.63. The van der Waals surface area contributed by atoms with Crippen LogP contribution in [0.15, 0.2) is 12.1 Å². The lowest BCUT2D eigenvalue weighted by Crippen LogP contribution is -2.08. The molecule has 86 valence electrons. The van der Waals surface area contributed by atoms with Crippen LogP contribution in [0.5, 0.6) is 0 Å². The number of aromatic amines is 1. The molecule has 0 spiro atoms. The highest BCUT2D eigenvalue weighted by Gasteiger charge is 2.26. The highest BCUT2D eigenvalue weighted by atomic mass is 35.5. The Hall–Kier alpha value is -1.17. The first kappa shape index (κ1) is 13.8. The molecule has 3 nitrogen and oxygen atoms in total. The molecule has 0 amide bonds. The zero-order chi connectivity index (χ0) is 10.8. The van der Waals surface area contributed by atoms with E-state index in [1.54, 1.807) is 0 Å². The molecule has 15 heavy (non-hydrogen) atoms. The van der Waals surface area contributed by atoms with Gasteiger partial charge in [-0.2, -0.15) is 13.2 Å². The van der Waals surface area contributed by atoms with Crippen LogP contribution in [-0.4, -0.2) is 22.2 Å². The molecule has 1 rings (SSSR count). The lowest BCUT2D eigenvalue weighted by atomic mass is 10.2. The van der Waals surface area contributed by atoms with E-state index in [0.717, 1.165) is 0 Å². The number of hydrogen-bond acceptors (Lipinski definition) is 1. The Morgan fingerprint density at radius 1 is 1.40 bits per heavy atom. The van der Waals surface area contributed by atoms with Crippen molar-refractivity contribution >= 4 is 18.4 Å². The van der Waals surface area contributed by atoms with Crippen LogP contribution in [0.1, 0.15) is 22.6 Å². The standard InChI is InChI=1S/C8H8F3NO2.ClH/c9-8(10,11)4-3-5-1-2-6(12-5)7(13)14;/h1-2,12H,3-4H2,(H,13,14);1H. The zero-order valence-electron chi connectivity index (χ0n) is 7.47. The molecular formula is C8H9ClF3NO2. The fourth-order valence-corrected chi connectivity index (χ4v) is 0.987. The minimum Gasteiger partial charge on any atom is -0.477 e. The van der Waals surface area contributed by atoms with Crippen molar-refractivity contribution in [2.75, 3.05) is 0 Å². The first-order chi connectivity index (χ1) is 6.38. The van der Waals surface area contributed by atoms with Gasteiger partial charge in [-0.1, -0.05) is 0 Å². The van der Waals surface area contributed by atoms with Crippen LogP contribution in [0.3, 0.4) is 0 Å². The van der Waals surface area contributed by atoms with Crippen LogP contribution in [-0.2, 0) is 6.42 Å². The van der Waals surface area contributed by atoms with Gasteiger partial charge < -0.3 is 10.1 Å². The van der Waals surface area contributed by atoms with Crippen molar-refractivity contribution in [1.82, 2.24) is 4.98 Å². The van der Waals surface area contributed by atoms with Crippen molar-refractivity contribution in [3.05, 3.63) is 23.5 Å². The molecule has 0 saturated heterocycles. The minimum atomic E-state index is -4.21. The van der Waals surface area contributed by atoms with E-state index < -0.39 is 18.6 Å². The Balaban J connectivity index is 0.00000196. The quantitative estimate of drug-likeness (QED) is 0.857. The molecule has 0 bridgehead atoms. The van der Waals surface area contributed by atoms with Gasteiger partial charge in [-0.25, -0.2) is 4.79 Å². The number of nitrogens with one attached hydrogen (secondary N) is 1. The molecule has 0 aliphatic rings. The molecule has 0 aliphatic carbocycles. The zero-order valence-corrected chi connectivity index (χ0v) is 8.28. The molecule has 0 saturated carbocycles. The highest BCUT2D eigenvalue weighted by molar-refractivity contribution is 5.85. The first-order valence-corrected chi connectivity index (χ1v) is 3.86. The minimum absolute atomic E-state index is 0. The Bertz CT molecular complexity index is 335. The second kappa shape index (κ2) is 5.06. The normalized spacial score (nSPS) is 10.9. The number of rotatable bonds is 3. The van der Waals surface area contributed by atoms with Crippen molar-refractivity contribution < 1.29 is 23.1 Å². The highest BCUT2D eigenvalue weighted by Crippen LogP contribution is 2.21. The Kier molecular flexibility index (Phi) is 4.67. The lowest BCUT2D eigenvalue weighted by molar-refractivity contribution is -0.134. The fourth-order valence-electron chi connectivity index (χ4n) is 0.987. The number of carboxylic acids is 1. The number of carboxylic acid groups (broad SMARTS) is 1. The van der Waals surface area contributed by atoms with E-state index in [1.807, 2.05) is 0 Å². The molecule has 0 radical (unpaired) electrons. The maximum Gasteiger partial charge on any atom is 0.389 e. The van der Waals surface area contributed by atoms with Crippen LogP contribution in [0.25, 0.3) is 0 Å². The summed E-state index contributed by atoms with van der Waals surface area (Å²) in [6.07, 6.45) is -5.39. The number of carbonyl (C=O) groups is 1. The van der Waals surface area contributed by atoms with E-state index in [-0.39, 0.29) is 30.2 Å². The van der Waals surface area contributed by atoms with Gasteiger partial charge >= 0.3 is 12.1 Å². The largest absolute Gasteiger partial charge is 0.477 e. The first-order valence-electron chi connectivity index (χ1n) is 3.86. The van der Waals surface area contributed by atoms with Gasteiger partial charge in [-0.05, 0) is 18.6 Å². The topological polar surface area (TPSA) is 53.1 Å². The van der Waals surface area contributed by atoms with Gasteiger partial charge in [0, 0.05) is 12.1 Å². The third kappa shape index (κ3) is 4.73. The van der Waals surface area contributed by atoms with Crippen LogP contribution in [0.4, 0.5) is 13.2 Å². The lowest BCUT2D eigenvalue weighted by Gasteiger charge is -2.03. The molecule has 0 aliphatic heterocycles. The summed E-state index contributed by atoms with van der Waals surface area (Å²) in [4.78, 5) is 12.7. The second-order valence-corrected chi connectivity index (χ2v) is 2.82. The van der Waals surface area contributed by atoms with Crippen molar-refractivity contribution in [1.29, 1.82) is 0 Å². The van der Waals surface area contributed by atoms with Gasteiger partial charge in [-0.3, -0.25) is 0 Å². The number of halogens is 4. The van der Waals surface area contributed by atoms with Crippen LogP contribution < -0.4 is 0 Å². The van der Waals surface area contributed by atoms with Gasteiger partial charge in [-0.15, -0.1) is 12.4 Å². The summed E-state index contributed by atoms with van der Waals surface area (Å²) in [7, 11) is 0. The van der Waals surface area contributed by atoms with Gasteiger partial charge in [0.15, 0.2) is 0 Å². The van der Waals surface area contributed by atoms with Crippen molar-refractivity contribution in [2.24, 2.45) is 0 Å². The Labute approximate surface area is 89.7 Å². The number of aromatic nitrogens is 1. The van der Waals surface area contributed by atoms with Crippen molar-refractivity contribution in [3.8, 4) is 0 Å². The van der Waals surface area contributed by atoms with E-state index in [2.05, 4.69) is 4.98 Å². The smallest absolute Gasteiger partial charge is 0.389 e. The molecule has 1 aromatic heterocycles. The molecule has 0 aromatic carbocycles. The van der Waals surface area contributed by atoms with E-state index in [1.165, 1.54) is 12.1 Å². The van der Waals surface area contributed by atoms with Crippen LogP contribution in [0, 0.1) is 0 Å². The molecule has 1 aromatic rings. The third-order valence-electron chi connectivity index (χ3n) is 1.65. The maximum atomic E-state index is 11.8. The molecule has 0 atom stereocenters. The molecule has 1 heterocycles. The third-order valence-corrected chi connectivity index (χ3v) is 1.65. The van der Waals surface area contributed by atoms with Gasteiger partial charge in [0.1, 0.15) is 5.69 Å². The number of aromatic carboxylic acids is 1. The molecule has 2 N–H and O–H groups in total. The van der Waals surface area contributed by atoms with E-state index >= 15 is 0 Å². The van der Waals surface area contributed by atoms with E-state index in [4.69, 9.17) is 5.11 Å². The maximum absolute atomic E-state index is 11.8. The molecular weight excluding hydrogens is 235 g/mol. The molecule has 7 heteroatoms. The Morgan fingerprint density at radius 3 is 2.40 bits per heavy atom. The average Bonchev–Trinajstić information content (AvgIpc) is 2.47. The Morgan fingerprint density at radius 2 is 2.00 bits per heavy atom. The number of alkyl halides is 3. The van der Waals surface area contributed by atoms with Gasteiger partial charge in [0.05, 0.1) is 0 Å². The number of H-pyrrole nitrogens is 1. The second-order valence-electron chi connectivity index (χ2n) is 2.82. The van der Waals surface area contributed by atoms with E-state index in [9.17, 15) is 18.0 Å². The SMILES string of the molecule is Cl.O=C(O)c1ccc(CCC(F)(F)F)[nH]1. The predicted molar refractivity (Wildman–Crippen MR) is 49.4 cm³/mol. The van der Waals surface area contributed by atoms with Crippen molar-refractivity contribution in [2.45, 2.75) is 19.0 Å². The van der Waals surface area contributed by atoms with Gasteiger partial charge in [0.2, 0.25) is 0 Å². The average molecular weight is 244 g/mol. The summed E-state index contributed by atoms with van der Waals surface area (Å²) in [5.74, 6) is -1.18. The summed E-state index contributed by atoms with van der Waals surface area (Å²) in [6, 6.07) is 2.59. The summed E-state index contributed by atoms with van der Waals surface area (Å²) < 4.78 is 35.3. The molecule has 0 unspecified atom stereocenters. The summed E-state index contributed by atoms with van der Waals surface area (Å²) in [5, 5.41) is 8.47. The summed E-state index contributed by atoms with van der Waals surface area (Å²) >= 11 is 0. The number of aryl methyl sites for hydroxylation is 1. The molecule has 0 fully saturated rings. The van der Waals surface area contributed by atoms with Gasteiger partial charge in [0.25, 0.3) is 0 Å². The summed E-state index contributed by atoms with van der Waals surface area (Å²) in [5.41, 5.74) is 0.182. The van der Waals surface area contributed by atoms with E-state index in [0.29, 0.717) is 0 Å². The monoisotopic (exact) mass is 243 g/mol. The van der Waals surface area contributed by atoms with Crippen molar-refractivity contribution in [3.63, 3.8) is 0 Å². The van der Waals surface area contributed by atoms with Crippen LogP contribution >= 0.6 is 12.4 Å². The van der Waals surface area contributed by atoms with Crippen LogP contribution in [0.2, 0.25) is 0 Å². The number of hydrogen-bond donors (Lipinski definition) is 2. The summed E-state index contributed by atoms with van der Waals surface area (Å²) in [6.45, 7) is 0. The fraction of sp³-hybridized carbons (Fsp3) is 0.375.